The lowest BCUT2D eigenvalue weighted by Crippen LogP contribution is -2.43. The van der Waals surface area contributed by atoms with Crippen LogP contribution in [0.5, 0.6) is 0 Å². The number of benzene rings is 5. The van der Waals surface area contributed by atoms with Crippen LogP contribution in [-0.2, 0) is 10.8 Å². The summed E-state index contributed by atoms with van der Waals surface area (Å²) >= 11 is 0. The maximum Gasteiger partial charge on any atom is 0.402 e. The molecule has 0 aliphatic heterocycles. The molecule has 0 amide bonds. The molecule has 60 heavy (non-hydrogen) atoms. The fraction of sp³-hybridized carbons (Fsp3) is 0.423. The predicted molar refractivity (Wildman–Crippen MR) is 237 cm³/mol. The Labute approximate surface area is 355 Å². The first-order chi connectivity index (χ1) is 28.0. The highest BCUT2D eigenvalue weighted by Gasteiger charge is 2.56. The minimum absolute atomic E-state index is 0.0173. The molecule has 0 fully saturated rings. The number of nitrogens with zero attached hydrogens (tertiary/aromatic N) is 2. The zero-order chi connectivity index (χ0) is 44.0. The molecular formula is C52H64F6N2+2. The van der Waals surface area contributed by atoms with Gasteiger partial charge in [0.2, 0.25) is 0 Å². The highest BCUT2D eigenvalue weighted by atomic mass is 19.4. The van der Waals surface area contributed by atoms with Gasteiger partial charge >= 0.3 is 12.4 Å². The highest BCUT2D eigenvalue weighted by Crippen LogP contribution is 2.51. The van der Waals surface area contributed by atoms with E-state index in [1.807, 2.05) is 55.5 Å². The number of unbranched alkanes of at least 4 members (excludes halogenated alkanes) is 4. The summed E-state index contributed by atoms with van der Waals surface area (Å²) in [5, 5.41) is 0. The molecule has 2 atom stereocenters. The normalized spacial score (nSPS) is 14.8. The van der Waals surface area contributed by atoms with Gasteiger partial charge in [-0.15, -0.1) is 0 Å². The first kappa shape index (κ1) is 46.7. The predicted octanol–water partition coefficient (Wildman–Crippen LogP) is 14.2. The lowest BCUT2D eigenvalue weighted by molar-refractivity contribution is -0.870. The van der Waals surface area contributed by atoms with Crippen LogP contribution in [0, 0.1) is 6.92 Å². The lowest BCUT2D eigenvalue weighted by Gasteiger charge is -2.37. The van der Waals surface area contributed by atoms with E-state index in [1.165, 1.54) is 6.92 Å². The lowest BCUT2D eigenvalue weighted by atomic mass is 9.70. The van der Waals surface area contributed by atoms with Gasteiger partial charge in [0.05, 0.1) is 60.8 Å². The third kappa shape index (κ3) is 11.5. The van der Waals surface area contributed by atoms with Crippen LogP contribution in [-0.4, -0.2) is 76.7 Å². The van der Waals surface area contributed by atoms with E-state index in [0.717, 1.165) is 80.3 Å². The minimum atomic E-state index is -4.57. The van der Waals surface area contributed by atoms with Gasteiger partial charge in [-0.2, -0.15) is 26.3 Å². The largest absolute Gasteiger partial charge is 0.402 e. The Balaban J connectivity index is 1.42. The molecule has 0 saturated heterocycles. The molecule has 2 unspecified atom stereocenters. The number of quaternary nitrogens is 2. The number of alkyl halides is 6. The second-order valence-electron chi connectivity index (χ2n) is 19.1. The first-order valence-electron chi connectivity index (χ1n) is 21.3. The van der Waals surface area contributed by atoms with Crippen molar-refractivity contribution < 1.29 is 35.3 Å². The standard InChI is InChI=1S/C52H64F6N2/c1-39-18-20-40(21-19-39)41-24-30-47(31-25-41)50(52(56,57)58,35-12-10-14-37-60(6,7)8)48-32-26-43(27-33-48)45-17-15-16-44(38-45)42-22-28-46(29-23-42)49(2,51(53,54)55)34-11-9-13-36-59(3,4)5/h15-33,38H,9-14,34-37H2,1-8H3/q+2. The van der Waals surface area contributed by atoms with Gasteiger partial charge in [0, 0.05) is 0 Å². The summed E-state index contributed by atoms with van der Waals surface area (Å²) < 4.78 is 92.7. The molecule has 0 bridgehead atoms. The Morgan fingerprint density at radius 3 is 1.15 bits per heavy atom. The van der Waals surface area contributed by atoms with Gasteiger partial charge in [0.1, 0.15) is 5.41 Å². The molecule has 5 aromatic rings. The molecule has 0 aliphatic rings. The van der Waals surface area contributed by atoms with Crippen LogP contribution >= 0.6 is 0 Å². The van der Waals surface area contributed by atoms with E-state index in [2.05, 4.69) is 42.3 Å². The van der Waals surface area contributed by atoms with Gasteiger partial charge in [-0.25, -0.2) is 0 Å². The van der Waals surface area contributed by atoms with Gasteiger partial charge in [-0.1, -0.05) is 134 Å². The molecule has 0 spiro atoms. The number of halogens is 6. The molecule has 0 radical (unpaired) electrons. The Morgan fingerprint density at radius 1 is 0.400 bits per heavy atom. The van der Waals surface area contributed by atoms with Crippen molar-refractivity contribution in [3.63, 3.8) is 0 Å². The molecule has 0 N–H and O–H groups in total. The van der Waals surface area contributed by atoms with Gasteiger partial charge < -0.3 is 8.97 Å². The van der Waals surface area contributed by atoms with Crippen molar-refractivity contribution in [3.8, 4) is 33.4 Å². The highest BCUT2D eigenvalue weighted by molar-refractivity contribution is 5.73. The van der Waals surface area contributed by atoms with E-state index in [-0.39, 0.29) is 29.5 Å². The molecule has 5 rings (SSSR count). The van der Waals surface area contributed by atoms with Crippen molar-refractivity contribution in [2.75, 3.05) is 55.4 Å². The average molecular weight is 831 g/mol. The van der Waals surface area contributed by atoms with Crippen molar-refractivity contribution >= 4 is 0 Å². The van der Waals surface area contributed by atoms with Crippen molar-refractivity contribution in [3.05, 3.63) is 144 Å². The molecule has 0 saturated carbocycles. The van der Waals surface area contributed by atoms with Crippen LogP contribution < -0.4 is 0 Å². The fourth-order valence-corrected chi connectivity index (χ4v) is 8.32. The number of aryl methyl sites for hydroxylation is 1. The average Bonchev–Trinajstić information content (AvgIpc) is 3.18. The summed E-state index contributed by atoms with van der Waals surface area (Å²) in [5.41, 5.74) is 2.52. The number of hydrogen-bond donors (Lipinski definition) is 0. The van der Waals surface area contributed by atoms with Crippen LogP contribution in [0.4, 0.5) is 26.3 Å². The summed E-state index contributed by atoms with van der Waals surface area (Å²) in [6.45, 7) is 5.09. The third-order valence-corrected chi connectivity index (χ3v) is 12.2. The summed E-state index contributed by atoms with van der Waals surface area (Å²) in [5.74, 6) is 0. The summed E-state index contributed by atoms with van der Waals surface area (Å²) in [7, 11) is 12.5. The quantitative estimate of drug-likeness (QED) is 0.0469. The van der Waals surface area contributed by atoms with Gasteiger partial charge in [-0.3, -0.25) is 0 Å². The topological polar surface area (TPSA) is 0 Å². The maximum atomic E-state index is 15.8. The maximum absolute atomic E-state index is 15.8. The molecule has 0 aromatic heterocycles. The smallest absolute Gasteiger partial charge is 0.331 e. The van der Waals surface area contributed by atoms with Crippen LogP contribution in [0.2, 0.25) is 0 Å². The van der Waals surface area contributed by atoms with Gasteiger partial charge in [-0.05, 0) is 109 Å². The van der Waals surface area contributed by atoms with Crippen LogP contribution in [0.1, 0.15) is 80.5 Å². The van der Waals surface area contributed by atoms with Gasteiger partial charge in [0.15, 0.2) is 0 Å². The van der Waals surface area contributed by atoms with E-state index in [1.54, 1.807) is 72.8 Å². The molecular weight excluding hydrogens is 767 g/mol. The fourth-order valence-electron chi connectivity index (χ4n) is 8.32. The van der Waals surface area contributed by atoms with E-state index >= 15 is 13.2 Å². The van der Waals surface area contributed by atoms with E-state index < -0.39 is 23.2 Å². The Kier molecular flexibility index (Phi) is 14.5. The molecule has 8 heteroatoms. The second kappa shape index (κ2) is 18.7. The molecule has 5 aromatic carbocycles. The monoisotopic (exact) mass is 830 g/mol. The minimum Gasteiger partial charge on any atom is -0.331 e. The van der Waals surface area contributed by atoms with Gasteiger partial charge in [0.25, 0.3) is 0 Å². The van der Waals surface area contributed by atoms with Crippen molar-refractivity contribution in [1.29, 1.82) is 0 Å². The molecule has 322 valence electrons. The Hall–Kier alpha value is -4.40. The molecule has 0 heterocycles. The van der Waals surface area contributed by atoms with Crippen LogP contribution in [0.15, 0.2) is 121 Å². The number of rotatable bonds is 18. The van der Waals surface area contributed by atoms with E-state index in [4.69, 9.17) is 0 Å². The van der Waals surface area contributed by atoms with Crippen molar-refractivity contribution in [2.45, 2.75) is 88.4 Å². The third-order valence-electron chi connectivity index (χ3n) is 12.2. The van der Waals surface area contributed by atoms with Crippen LogP contribution in [0.3, 0.4) is 0 Å². The number of hydrogen-bond acceptors (Lipinski definition) is 0. The zero-order valence-electron chi connectivity index (χ0n) is 36.8. The summed E-state index contributed by atoms with van der Waals surface area (Å²) in [4.78, 5) is 0. The molecule has 2 nitrogen and oxygen atoms in total. The Bertz CT molecular complexity index is 2100. The van der Waals surface area contributed by atoms with Crippen molar-refractivity contribution in [2.24, 2.45) is 0 Å². The van der Waals surface area contributed by atoms with Crippen LogP contribution in [0.25, 0.3) is 33.4 Å². The Morgan fingerprint density at radius 2 is 0.767 bits per heavy atom. The molecule has 0 aliphatic carbocycles. The summed E-state index contributed by atoms with van der Waals surface area (Å²) in [6, 6.07) is 35.8. The SMILES string of the molecule is Cc1ccc(-c2ccc(C(CCCCC[N+](C)(C)C)(c3ccc(-c4cccc(-c5ccc(C(C)(CCCCC[N+](C)(C)C)C(F)(F)F)cc5)c4)cc3)C(F)(F)F)cc2)cc1. The van der Waals surface area contributed by atoms with E-state index in [0.29, 0.717) is 19.3 Å². The van der Waals surface area contributed by atoms with E-state index in [9.17, 15) is 13.2 Å². The first-order valence-corrected chi connectivity index (χ1v) is 21.3. The van der Waals surface area contributed by atoms with Crippen molar-refractivity contribution in [1.82, 2.24) is 0 Å². The summed E-state index contributed by atoms with van der Waals surface area (Å²) in [6.07, 6.45) is -4.99. The zero-order valence-corrected chi connectivity index (χ0v) is 36.8. The second-order valence-corrected chi connectivity index (χ2v) is 19.1.